The van der Waals surface area contributed by atoms with Crippen LogP contribution in [0.1, 0.15) is 12.8 Å². The Labute approximate surface area is 218 Å². The van der Waals surface area contributed by atoms with E-state index in [-0.39, 0.29) is 24.1 Å². The summed E-state index contributed by atoms with van der Waals surface area (Å²) in [6.45, 7) is 4.27. The predicted octanol–water partition coefficient (Wildman–Crippen LogP) is 5.04. The third-order valence-corrected chi connectivity index (χ3v) is 7.87. The summed E-state index contributed by atoms with van der Waals surface area (Å²) in [4.78, 5) is 37.7. The number of rotatable bonds is 3. The zero-order valence-electron chi connectivity index (χ0n) is 21.0. The zero-order valence-corrected chi connectivity index (χ0v) is 21.0. The van der Waals surface area contributed by atoms with Gasteiger partial charge in [-0.3, -0.25) is 4.90 Å². The topological polar surface area (TPSA) is 50.3 Å². The van der Waals surface area contributed by atoms with Gasteiger partial charge >= 0.3 is 12.1 Å². The number of anilines is 3. The number of likely N-dealkylation sites (tertiary alicyclic amines) is 1. The molecule has 7 nitrogen and oxygen atoms in total. The van der Waals surface area contributed by atoms with Crippen LogP contribution in [0.15, 0.2) is 91.0 Å². The fraction of sp³-hybridized carbons (Fsp3) is 0.333. The van der Waals surface area contributed by atoms with Gasteiger partial charge in [0.15, 0.2) is 0 Å². The lowest BCUT2D eigenvalue weighted by Gasteiger charge is -2.45. The molecule has 2 atom stereocenters. The number of carbonyl (C=O) groups excluding carboxylic acids is 2. The fourth-order valence-corrected chi connectivity index (χ4v) is 6.00. The first-order chi connectivity index (χ1) is 18.2. The average molecular weight is 496 g/mol. The van der Waals surface area contributed by atoms with Gasteiger partial charge in [-0.15, -0.1) is 0 Å². The Morgan fingerprint density at radius 2 is 1.11 bits per heavy atom. The molecule has 3 fully saturated rings. The van der Waals surface area contributed by atoms with Crippen molar-refractivity contribution in [3.05, 3.63) is 91.0 Å². The van der Waals surface area contributed by atoms with E-state index >= 15 is 0 Å². The quantitative estimate of drug-likeness (QED) is 0.512. The fourth-order valence-electron chi connectivity index (χ4n) is 6.00. The van der Waals surface area contributed by atoms with Crippen LogP contribution < -0.4 is 9.80 Å². The van der Waals surface area contributed by atoms with Gasteiger partial charge in [0, 0.05) is 45.0 Å². The summed E-state index contributed by atoms with van der Waals surface area (Å²) in [6.07, 6.45) is 1.89. The Balaban J connectivity index is 1.14. The molecule has 4 amide bonds. The molecule has 1 unspecified atom stereocenters. The van der Waals surface area contributed by atoms with E-state index in [9.17, 15) is 9.59 Å². The highest BCUT2D eigenvalue weighted by Crippen LogP contribution is 2.34. The Bertz CT molecular complexity index is 1160. The Morgan fingerprint density at radius 3 is 1.62 bits per heavy atom. The largest absolute Gasteiger partial charge is 0.368 e. The maximum absolute atomic E-state index is 13.9. The summed E-state index contributed by atoms with van der Waals surface area (Å²) in [7, 11) is 0. The van der Waals surface area contributed by atoms with E-state index < -0.39 is 0 Å². The van der Waals surface area contributed by atoms with Crippen LogP contribution in [0, 0.1) is 0 Å². The Kier molecular flexibility index (Phi) is 6.43. The van der Waals surface area contributed by atoms with Crippen molar-refractivity contribution in [1.29, 1.82) is 0 Å². The SMILES string of the molecule is O=C(N1CC2CC[C@@H](C1)N2C(=O)N1CCN(c2ccccc2)CC1)N(c1ccccc1)c1ccccc1. The lowest BCUT2D eigenvalue weighted by molar-refractivity contribution is 0.0809. The van der Waals surface area contributed by atoms with Crippen LogP contribution in [-0.4, -0.2) is 78.1 Å². The molecule has 3 aromatic carbocycles. The van der Waals surface area contributed by atoms with Crippen LogP contribution in [0.2, 0.25) is 0 Å². The standard InChI is InChI=1S/C30H33N5O2/c36-29(32-20-18-31(19-21-32)24-10-4-1-5-11-24)35-27-16-17-28(35)23-33(22-27)30(37)34(25-12-6-2-7-13-25)26-14-8-3-9-15-26/h1-15,27-28H,16-23H2/t27-,28?/m0/s1. The lowest BCUT2D eigenvalue weighted by atomic mass is 10.2. The van der Waals surface area contributed by atoms with Crippen molar-refractivity contribution in [2.75, 3.05) is 49.1 Å². The second kappa shape index (κ2) is 10.2. The number of benzene rings is 3. The Morgan fingerprint density at radius 1 is 0.622 bits per heavy atom. The predicted molar refractivity (Wildman–Crippen MR) is 146 cm³/mol. The molecule has 0 aromatic heterocycles. The lowest BCUT2D eigenvalue weighted by Crippen LogP contribution is -2.62. The minimum Gasteiger partial charge on any atom is -0.368 e. The van der Waals surface area contributed by atoms with Crippen LogP contribution in [-0.2, 0) is 0 Å². The number of amides is 4. The van der Waals surface area contributed by atoms with Crippen LogP contribution in [0.4, 0.5) is 26.7 Å². The summed E-state index contributed by atoms with van der Waals surface area (Å²) in [5.41, 5.74) is 2.91. The summed E-state index contributed by atoms with van der Waals surface area (Å²) in [5, 5.41) is 0. The number of para-hydroxylation sites is 3. The first-order valence-corrected chi connectivity index (χ1v) is 13.3. The Hall–Kier alpha value is -4.00. The number of urea groups is 2. The highest BCUT2D eigenvalue weighted by Gasteiger charge is 2.46. The van der Waals surface area contributed by atoms with Crippen LogP contribution in [0.3, 0.4) is 0 Å². The molecule has 0 N–H and O–H groups in total. The van der Waals surface area contributed by atoms with E-state index in [1.165, 1.54) is 5.69 Å². The van der Waals surface area contributed by atoms with Crippen molar-refractivity contribution >= 4 is 29.1 Å². The average Bonchev–Trinajstić information content (AvgIpc) is 3.23. The number of fused-ring (bicyclic) bond motifs is 2. The monoisotopic (exact) mass is 495 g/mol. The molecule has 7 heteroatoms. The summed E-state index contributed by atoms with van der Waals surface area (Å²) >= 11 is 0. The molecule has 0 saturated carbocycles. The number of nitrogens with zero attached hydrogens (tertiary/aromatic N) is 5. The second-order valence-corrected chi connectivity index (χ2v) is 10.1. The minimum absolute atomic E-state index is 0.0297. The number of carbonyl (C=O) groups is 2. The normalized spacial score (nSPS) is 21.2. The van der Waals surface area contributed by atoms with Crippen molar-refractivity contribution < 1.29 is 9.59 Å². The van der Waals surface area contributed by atoms with Gasteiger partial charge in [-0.1, -0.05) is 54.6 Å². The van der Waals surface area contributed by atoms with Crippen molar-refractivity contribution in [1.82, 2.24) is 14.7 Å². The summed E-state index contributed by atoms with van der Waals surface area (Å²) in [5.74, 6) is 0. The first-order valence-electron chi connectivity index (χ1n) is 13.3. The van der Waals surface area contributed by atoms with Crippen LogP contribution in [0.25, 0.3) is 0 Å². The zero-order chi connectivity index (χ0) is 25.2. The first kappa shape index (κ1) is 23.4. The molecular weight excluding hydrogens is 462 g/mol. The molecule has 3 aliphatic rings. The van der Waals surface area contributed by atoms with Crippen molar-refractivity contribution in [2.45, 2.75) is 24.9 Å². The van der Waals surface area contributed by atoms with Gasteiger partial charge in [0.05, 0.1) is 23.5 Å². The highest BCUT2D eigenvalue weighted by molar-refractivity contribution is 5.99. The van der Waals surface area contributed by atoms with Crippen molar-refractivity contribution in [2.24, 2.45) is 0 Å². The molecule has 190 valence electrons. The molecule has 37 heavy (non-hydrogen) atoms. The van der Waals surface area contributed by atoms with Gasteiger partial charge in [0.25, 0.3) is 0 Å². The van der Waals surface area contributed by atoms with Gasteiger partial charge in [0.1, 0.15) is 0 Å². The molecule has 3 aromatic rings. The molecule has 3 saturated heterocycles. The van der Waals surface area contributed by atoms with Crippen molar-refractivity contribution in [3.63, 3.8) is 0 Å². The van der Waals surface area contributed by atoms with E-state index in [0.29, 0.717) is 13.1 Å². The number of hydrogen-bond donors (Lipinski definition) is 0. The van der Waals surface area contributed by atoms with Crippen molar-refractivity contribution in [3.8, 4) is 0 Å². The molecule has 2 bridgehead atoms. The van der Waals surface area contributed by atoms with E-state index in [4.69, 9.17) is 0 Å². The van der Waals surface area contributed by atoms with E-state index in [1.54, 1.807) is 4.90 Å². The van der Waals surface area contributed by atoms with E-state index in [0.717, 1.165) is 50.4 Å². The van der Waals surface area contributed by atoms with Gasteiger partial charge in [0.2, 0.25) is 0 Å². The summed E-state index contributed by atoms with van der Waals surface area (Å²) in [6, 6.07) is 30.2. The number of hydrogen-bond acceptors (Lipinski definition) is 3. The summed E-state index contributed by atoms with van der Waals surface area (Å²) < 4.78 is 0. The molecule has 0 aliphatic carbocycles. The van der Waals surface area contributed by atoms with Gasteiger partial charge in [-0.05, 0) is 49.2 Å². The van der Waals surface area contributed by atoms with Gasteiger partial charge in [-0.2, -0.15) is 0 Å². The highest BCUT2D eigenvalue weighted by atomic mass is 16.2. The third-order valence-electron chi connectivity index (χ3n) is 7.87. The molecular formula is C30H33N5O2. The molecule has 0 spiro atoms. The number of piperazine rings is 2. The van der Waals surface area contributed by atoms with E-state index in [1.807, 2.05) is 76.5 Å². The second-order valence-electron chi connectivity index (χ2n) is 10.1. The maximum atomic E-state index is 13.9. The maximum Gasteiger partial charge on any atom is 0.329 e. The molecule has 3 aliphatic heterocycles. The third kappa shape index (κ3) is 4.61. The van der Waals surface area contributed by atoms with Gasteiger partial charge < -0.3 is 19.6 Å². The minimum atomic E-state index is -0.0297. The van der Waals surface area contributed by atoms with Crippen LogP contribution >= 0.6 is 0 Å². The van der Waals surface area contributed by atoms with Gasteiger partial charge in [-0.25, -0.2) is 9.59 Å². The van der Waals surface area contributed by atoms with Crippen LogP contribution in [0.5, 0.6) is 0 Å². The molecule has 6 rings (SSSR count). The molecule has 0 radical (unpaired) electrons. The van der Waals surface area contributed by atoms with E-state index in [2.05, 4.69) is 34.1 Å². The smallest absolute Gasteiger partial charge is 0.329 e. The molecule has 3 heterocycles.